The van der Waals surface area contributed by atoms with Gasteiger partial charge in [0, 0.05) is 10.9 Å². The molecular weight excluding hydrogens is 290 g/mol. The van der Waals surface area contributed by atoms with Crippen molar-refractivity contribution in [1.29, 1.82) is 0 Å². The number of amides is 1. The molecule has 1 fully saturated rings. The number of hydrogen-bond donors (Lipinski definition) is 1. The average Bonchev–Trinajstić information content (AvgIpc) is 2.34. The fourth-order valence-electron chi connectivity index (χ4n) is 2.28. The smallest absolute Gasteiger partial charge is 0.230 e. The van der Waals surface area contributed by atoms with Gasteiger partial charge >= 0.3 is 0 Å². The van der Waals surface area contributed by atoms with Crippen LogP contribution in [0.4, 0.5) is 0 Å². The van der Waals surface area contributed by atoms with Crippen molar-refractivity contribution in [2.75, 3.05) is 5.33 Å². The normalized spacial score (nSPS) is 17.9. The van der Waals surface area contributed by atoms with Crippen LogP contribution in [0.25, 0.3) is 0 Å². The number of nitrogens with one attached hydrogen (secondary N) is 1. The summed E-state index contributed by atoms with van der Waals surface area (Å²) in [6.45, 7) is 3.97. The Morgan fingerprint density at radius 3 is 2.39 bits per heavy atom. The van der Waals surface area contributed by atoms with E-state index in [0.29, 0.717) is 0 Å². The van der Waals surface area contributed by atoms with Crippen LogP contribution in [0.2, 0.25) is 0 Å². The van der Waals surface area contributed by atoms with Gasteiger partial charge in [-0.2, -0.15) is 0 Å². The van der Waals surface area contributed by atoms with E-state index < -0.39 is 5.41 Å². The number of benzene rings is 1. The molecule has 0 bridgehead atoms. The first-order chi connectivity index (χ1) is 8.50. The molecule has 1 aliphatic carbocycles. The SMILES string of the molecule is CC(C)(C(=O)NC1(CBr)CCC1)c1ccccc1. The van der Waals surface area contributed by atoms with Gasteiger partial charge in [0.05, 0.1) is 5.41 Å². The lowest BCUT2D eigenvalue weighted by atomic mass is 9.76. The fourth-order valence-corrected chi connectivity index (χ4v) is 2.98. The van der Waals surface area contributed by atoms with Crippen LogP contribution in [0.15, 0.2) is 30.3 Å². The molecule has 0 unspecified atom stereocenters. The van der Waals surface area contributed by atoms with Crippen LogP contribution < -0.4 is 5.32 Å². The second-order valence-corrected chi connectivity index (χ2v) is 6.27. The van der Waals surface area contributed by atoms with E-state index in [1.165, 1.54) is 6.42 Å². The lowest BCUT2D eigenvalue weighted by molar-refractivity contribution is -0.128. The maximum Gasteiger partial charge on any atom is 0.230 e. The summed E-state index contributed by atoms with van der Waals surface area (Å²) in [4.78, 5) is 12.5. The quantitative estimate of drug-likeness (QED) is 0.849. The van der Waals surface area contributed by atoms with Crippen LogP contribution in [0.1, 0.15) is 38.7 Å². The highest BCUT2D eigenvalue weighted by atomic mass is 79.9. The average molecular weight is 310 g/mol. The minimum Gasteiger partial charge on any atom is -0.349 e. The van der Waals surface area contributed by atoms with Crippen molar-refractivity contribution in [2.45, 2.75) is 44.1 Å². The van der Waals surface area contributed by atoms with E-state index >= 15 is 0 Å². The Labute approximate surface area is 117 Å². The monoisotopic (exact) mass is 309 g/mol. The molecular formula is C15H20BrNO. The minimum atomic E-state index is -0.480. The number of carbonyl (C=O) groups excluding carboxylic acids is 1. The molecule has 1 saturated carbocycles. The Balaban J connectivity index is 2.13. The van der Waals surface area contributed by atoms with Crippen molar-refractivity contribution in [1.82, 2.24) is 5.32 Å². The second-order valence-electron chi connectivity index (χ2n) is 5.71. The first kappa shape index (κ1) is 13.6. The first-order valence-electron chi connectivity index (χ1n) is 6.44. The molecule has 0 saturated heterocycles. The lowest BCUT2D eigenvalue weighted by Crippen LogP contribution is -2.58. The third-order valence-corrected chi connectivity index (χ3v) is 5.08. The van der Waals surface area contributed by atoms with Crippen molar-refractivity contribution in [3.63, 3.8) is 0 Å². The fraction of sp³-hybridized carbons (Fsp3) is 0.533. The molecule has 1 aromatic carbocycles. The molecule has 2 rings (SSSR count). The molecule has 0 aliphatic heterocycles. The van der Waals surface area contributed by atoms with Crippen LogP contribution in [0.3, 0.4) is 0 Å². The third kappa shape index (κ3) is 2.46. The van der Waals surface area contributed by atoms with E-state index in [2.05, 4.69) is 21.2 Å². The molecule has 1 aliphatic rings. The third-order valence-electron chi connectivity index (χ3n) is 4.01. The summed E-state index contributed by atoms with van der Waals surface area (Å²) in [5.41, 5.74) is 0.571. The molecule has 1 aromatic rings. The molecule has 1 N–H and O–H groups in total. The van der Waals surface area contributed by atoms with Gasteiger partial charge < -0.3 is 5.32 Å². The van der Waals surface area contributed by atoms with E-state index in [1.807, 2.05) is 44.2 Å². The van der Waals surface area contributed by atoms with Crippen molar-refractivity contribution in [2.24, 2.45) is 0 Å². The Kier molecular flexibility index (Phi) is 3.81. The highest BCUT2D eigenvalue weighted by Crippen LogP contribution is 2.35. The zero-order valence-electron chi connectivity index (χ0n) is 11.0. The molecule has 2 nitrogen and oxygen atoms in total. The Hall–Kier alpha value is -0.830. The van der Waals surface area contributed by atoms with E-state index in [1.54, 1.807) is 0 Å². The summed E-state index contributed by atoms with van der Waals surface area (Å²) in [6.07, 6.45) is 3.36. The summed E-state index contributed by atoms with van der Waals surface area (Å²) in [5.74, 6) is 0.118. The predicted octanol–water partition coefficient (Wildman–Crippen LogP) is 3.40. The summed E-state index contributed by atoms with van der Waals surface area (Å²) >= 11 is 3.52. The number of hydrogen-bond acceptors (Lipinski definition) is 1. The van der Waals surface area contributed by atoms with Gasteiger partial charge in [-0.05, 0) is 38.7 Å². The van der Waals surface area contributed by atoms with Gasteiger partial charge in [0.15, 0.2) is 0 Å². The summed E-state index contributed by atoms with van der Waals surface area (Å²) < 4.78 is 0. The molecule has 0 atom stereocenters. The topological polar surface area (TPSA) is 29.1 Å². The summed E-state index contributed by atoms with van der Waals surface area (Å²) in [5, 5.41) is 4.08. The van der Waals surface area contributed by atoms with E-state index in [0.717, 1.165) is 23.7 Å². The van der Waals surface area contributed by atoms with Crippen LogP contribution in [-0.4, -0.2) is 16.8 Å². The second kappa shape index (κ2) is 5.04. The molecule has 1 amide bonds. The van der Waals surface area contributed by atoms with Crippen LogP contribution in [0.5, 0.6) is 0 Å². The molecule has 0 heterocycles. The van der Waals surface area contributed by atoms with Crippen LogP contribution in [0, 0.1) is 0 Å². The van der Waals surface area contributed by atoms with Crippen molar-refractivity contribution < 1.29 is 4.79 Å². The molecule has 18 heavy (non-hydrogen) atoms. The molecule has 98 valence electrons. The number of rotatable bonds is 4. The summed E-state index contributed by atoms with van der Waals surface area (Å²) in [7, 11) is 0. The van der Waals surface area contributed by atoms with E-state index in [-0.39, 0.29) is 11.4 Å². The van der Waals surface area contributed by atoms with Gasteiger partial charge in [-0.25, -0.2) is 0 Å². The molecule has 0 radical (unpaired) electrons. The summed E-state index contributed by atoms with van der Waals surface area (Å²) in [6, 6.07) is 9.97. The van der Waals surface area contributed by atoms with Crippen molar-refractivity contribution in [3.05, 3.63) is 35.9 Å². The first-order valence-corrected chi connectivity index (χ1v) is 7.56. The van der Waals surface area contributed by atoms with E-state index in [4.69, 9.17) is 0 Å². The van der Waals surface area contributed by atoms with Gasteiger partial charge in [0.1, 0.15) is 0 Å². The zero-order valence-corrected chi connectivity index (χ0v) is 12.6. The Bertz CT molecular complexity index is 418. The van der Waals surface area contributed by atoms with Gasteiger partial charge in [0.2, 0.25) is 5.91 Å². The Morgan fingerprint density at radius 1 is 1.33 bits per heavy atom. The highest BCUT2D eigenvalue weighted by molar-refractivity contribution is 9.09. The van der Waals surface area contributed by atoms with Gasteiger partial charge in [-0.1, -0.05) is 46.3 Å². The maximum atomic E-state index is 12.5. The standard InChI is InChI=1S/C15H20BrNO/c1-14(2,12-7-4-3-5-8-12)13(18)17-15(11-16)9-6-10-15/h3-5,7-8H,6,9-11H2,1-2H3,(H,17,18). The van der Waals surface area contributed by atoms with Crippen molar-refractivity contribution in [3.8, 4) is 0 Å². The Morgan fingerprint density at radius 2 is 1.94 bits per heavy atom. The number of halogens is 1. The van der Waals surface area contributed by atoms with Crippen LogP contribution in [-0.2, 0) is 10.2 Å². The van der Waals surface area contributed by atoms with E-state index in [9.17, 15) is 4.79 Å². The largest absolute Gasteiger partial charge is 0.349 e. The number of alkyl halides is 1. The molecule has 3 heteroatoms. The van der Waals surface area contributed by atoms with Crippen LogP contribution >= 0.6 is 15.9 Å². The van der Waals surface area contributed by atoms with Gasteiger partial charge in [0.25, 0.3) is 0 Å². The lowest BCUT2D eigenvalue weighted by Gasteiger charge is -2.43. The minimum absolute atomic E-state index is 0.0108. The van der Waals surface area contributed by atoms with Gasteiger partial charge in [-0.3, -0.25) is 4.79 Å². The number of carbonyl (C=O) groups is 1. The zero-order chi connectivity index (χ0) is 13.2. The predicted molar refractivity (Wildman–Crippen MR) is 78.0 cm³/mol. The molecule has 0 spiro atoms. The van der Waals surface area contributed by atoms with Crippen molar-refractivity contribution >= 4 is 21.8 Å². The van der Waals surface area contributed by atoms with Gasteiger partial charge in [-0.15, -0.1) is 0 Å². The maximum absolute atomic E-state index is 12.5. The molecule has 0 aromatic heterocycles. The highest BCUT2D eigenvalue weighted by Gasteiger charge is 2.41.